The van der Waals surface area contributed by atoms with E-state index in [1.165, 1.54) is 11.1 Å². The Morgan fingerprint density at radius 3 is 2.67 bits per heavy atom. The van der Waals surface area contributed by atoms with Crippen LogP contribution in [0.2, 0.25) is 0 Å². The van der Waals surface area contributed by atoms with Gasteiger partial charge in [-0.2, -0.15) is 0 Å². The van der Waals surface area contributed by atoms with Crippen molar-refractivity contribution in [2.75, 3.05) is 6.54 Å². The third kappa shape index (κ3) is 3.45. The minimum absolute atomic E-state index is 0.0907. The van der Waals surface area contributed by atoms with E-state index in [0.717, 1.165) is 29.8 Å². The summed E-state index contributed by atoms with van der Waals surface area (Å²) in [4.78, 5) is 14.9. The fraction of sp³-hybridized carbons (Fsp3) is 0.381. The molecule has 0 unspecified atom stereocenters. The molecule has 1 aliphatic heterocycles. The number of rotatable bonds is 4. The Labute approximate surface area is 144 Å². The largest absolute Gasteiger partial charge is 0.480 e. The van der Waals surface area contributed by atoms with Crippen LogP contribution in [0.15, 0.2) is 42.5 Å². The van der Waals surface area contributed by atoms with Crippen LogP contribution < -0.4 is 4.74 Å². The SMILES string of the molecule is CC[C@@H](Oc1cc(C)ccc1C)C(=O)N1CCc2ccccc2C1. The fourth-order valence-electron chi connectivity index (χ4n) is 3.18. The Kier molecular flexibility index (Phi) is 4.89. The quantitative estimate of drug-likeness (QED) is 0.849. The minimum atomic E-state index is -0.421. The van der Waals surface area contributed by atoms with Gasteiger partial charge in [-0.25, -0.2) is 0 Å². The highest BCUT2D eigenvalue weighted by molar-refractivity contribution is 5.81. The Hall–Kier alpha value is -2.29. The van der Waals surface area contributed by atoms with Crippen LogP contribution >= 0.6 is 0 Å². The van der Waals surface area contributed by atoms with E-state index in [4.69, 9.17) is 4.74 Å². The molecule has 1 aliphatic rings. The lowest BCUT2D eigenvalue weighted by atomic mass is 9.99. The zero-order valence-electron chi connectivity index (χ0n) is 14.7. The lowest BCUT2D eigenvalue weighted by Crippen LogP contribution is -2.44. The van der Waals surface area contributed by atoms with Crippen LogP contribution in [0.5, 0.6) is 5.75 Å². The Bertz CT molecular complexity index is 738. The van der Waals surface area contributed by atoms with Crippen LogP contribution in [0.3, 0.4) is 0 Å². The molecule has 2 aromatic rings. The van der Waals surface area contributed by atoms with Gasteiger partial charge in [-0.05, 0) is 55.0 Å². The first-order valence-electron chi connectivity index (χ1n) is 8.68. The van der Waals surface area contributed by atoms with Gasteiger partial charge in [0.05, 0.1) is 0 Å². The topological polar surface area (TPSA) is 29.5 Å². The summed E-state index contributed by atoms with van der Waals surface area (Å²) in [5.41, 5.74) is 4.81. The van der Waals surface area contributed by atoms with E-state index < -0.39 is 6.10 Å². The monoisotopic (exact) mass is 323 g/mol. The van der Waals surface area contributed by atoms with Gasteiger partial charge in [0.1, 0.15) is 5.75 Å². The van der Waals surface area contributed by atoms with Crippen LogP contribution in [0, 0.1) is 13.8 Å². The lowest BCUT2D eigenvalue weighted by molar-refractivity contribution is -0.139. The second-order valence-electron chi connectivity index (χ2n) is 6.56. The maximum absolute atomic E-state index is 12.9. The Morgan fingerprint density at radius 1 is 1.17 bits per heavy atom. The van der Waals surface area contributed by atoms with Crippen molar-refractivity contribution in [3.63, 3.8) is 0 Å². The molecule has 3 nitrogen and oxygen atoms in total. The van der Waals surface area contributed by atoms with Crippen molar-refractivity contribution < 1.29 is 9.53 Å². The van der Waals surface area contributed by atoms with Gasteiger partial charge in [-0.1, -0.05) is 43.3 Å². The summed E-state index contributed by atoms with van der Waals surface area (Å²) in [6.45, 7) is 7.51. The maximum Gasteiger partial charge on any atom is 0.263 e. The summed E-state index contributed by atoms with van der Waals surface area (Å²) in [7, 11) is 0. The molecule has 0 radical (unpaired) electrons. The zero-order chi connectivity index (χ0) is 17.1. The molecular weight excluding hydrogens is 298 g/mol. The Balaban J connectivity index is 1.74. The molecule has 1 amide bonds. The summed E-state index contributed by atoms with van der Waals surface area (Å²) < 4.78 is 6.09. The average Bonchev–Trinajstić information content (AvgIpc) is 2.61. The van der Waals surface area contributed by atoms with Gasteiger partial charge in [0.2, 0.25) is 0 Å². The number of nitrogens with zero attached hydrogens (tertiary/aromatic N) is 1. The first kappa shape index (κ1) is 16.6. The highest BCUT2D eigenvalue weighted by Gasteiger charge is 2.27. The van der Waals surface area contributed by atoms with E-state index >= 15 is 0 Å². The molecule has 24 heavy (non-hydrogen) atoms. The van der Waals surface area contributed by atoms with E-state index in [1.54, 1.807) is 0 Å². The highest BCUT2D eigenvalue weighted by atomic mass is 16.5. The molecule has 0 saturated heterocycles. The van der Waals surface area contributed by atoms with Crippen LogP contribution in [-0.4, -0.2) is 23.5 Å². The van der Waals surface area contributed by atoms with Crippen molar-refractivity contribution in [3.05, 3.63) is 64.7 Å². The number of carbonyl (C=O) groups is 1. The van der Waals surface area contributed by atoms with Crippen molar-refractivity contribution in [2.45, 2.75) is 46.3 Å². The molecule has 3 rings (SSSR count). The van der Waals surface area contributed by atoms with Crippen molar-refractivity contribution in [1.82, 2.24) is 4.90 Å². The van der Waals surface area contributed by atoms with Crippen LogP contribution in [0.25, 0.3) is 0 Å². The van der Waals surface area contributed by atoms with Gasteiger partial charge in [-0.3, -0.25) is 4.79 Å². The molecule has 126 valence electrons. The normalized spacial score (nSPS) is 14.9. The number of hydrogen-bond acceptors (Lipinski definition) is 2. The van der Waals surface area contributed by atoms with Gasteiger partial charge in [-0.15, -0.1) is 0 Å². The maximum atomic E-state index is 12.9. The third-order valence-electron chi connectivity index (χ3n) is 4.70. The number of ether oxygens (including phenoxy) is 1. The molecule has 0 N–H and O–H groups in total. The standard InChI is InChI=1S/C21H25NO2/c1-4-19(24-20-13-15(2)9-10-16(20)3)21(23)22-12-11-17-7-5-6-8-18(17)14-22/h5-10,13,19H,4,11-12,14H2,1-3H3/t19-/m1/s1. The first-order valence-corrected chi connectivity index (χ1v) is 8.68. The van der Waals surface area contributed by atoms with E-state index in [1.807, 2.05) is 43.9 Å². The molecule has 0 spiro atoms. The van der Waals surface area contributed by atoms with Gasteiger partial charge in [0.15, 0.2) is 6.10 Å². The van der Waals surface area contributed by atoms with Gasteiger partial charge in [0, 0.05) is 13.1 Å². The predicted molar refractivity (Wildman–Crippen MR) is 96.2 cm³/mol. The average molecular weight is 323 g/mol. The number of aryl methyl sites for hydroxylation is 2. The number of carbonyl (C=O) groups excluding carboxylic acids is 1. The second-order valence-corrected chi connectivity index (χ2v) is 6.56. The van der Waals surface area contributed by atoms with E-state index in [-0.39, 0.29) is 5.91 Å². The van der Waals surface area contributed by atoms with Crippen LogP contribution in [0.4, 0.5) is 0 Å². The van der Waals surface area contributed by atoms with Gasteiger partial charge >= 0.3 is 0 Å². The summed E-state index contributed by atoms with van der Waals surface area (Å²) in [6.07, 6.45) is 1.17. The van der Waals surface area contributed by atoms with Crippen molar-refractivity contribution in [2.24, 2.45) is 0 Å². The smallest absolute Gasteiger partial charge is 0.263 e. The second kappa shape index (κ2) is 7.08. The minimum Gasteiger partial charge on any atom is -0.480 e. The van der Waals surface area contributed by atoms with Crippen molar-refractivity contribution in [1.29, 1.82) is 0 Å². The molecule has 1 heterocycles. The third-order valence-corrected chi connectivity index (χ3v) is 4.70. The fourth-order valence-corrected chi connectivity index (χ4v) is 3.18. The number of amides is 1. The van der Waals surface area contributed by atoms with E-state index in [0.29, 0.717) is 13.0 Å². The van der Waals surface area contributed by atoms with Crippen LogP contribution in [-0.2, 0) is 17.8 Å². The lowest BCUT2D eigenvalue weighted by Gasteiger charge is -2.32. The molecule has 0 saturated carbocycles. The number of fused-ring (bicyclic) bond motifs is 1. The zero-order valence-corrected chi connectivity index (χ0v) is 14.7. The Morgan fingerprint density at radius 2 is 1.92 bits per heavy atom. The van der Waals surface area contributed by atoms with E-state index in [9.17, 15) is 4.79 Å². The van der Waals surface area contributed by atoms with Crippen molar-refractivity contribution in [3.8, 4) is 5.75 Å². The van der Waals surface area contributed by atoms with Crippen molar-refractivity contribution >= 4 is 5.91 Å². The first-order chi connectivity index (χ1) is 11.6. The predicted octanol–water partition coefficient (Wildman–Crippen LogP) is 4.05. The molecular formula is C21H25NO2. The molecule has 1 atom stereocenters. The summed E-state index contributed by atoms with van der Waals surface area (Å²) in [5.74, 6) is 0.903. The van der Waals surface area contributed by atoms with Gasteiger partial charge < -0.3 is 9.64 Å². The summed E-state index contributed by atoms with van der Waals surface area (Å²) >= 11 is 0. The molecule has 0 fully saturated rings. The van der Waals surface area contributed by atoms with Crippen LogP contribution in [0.1, 0.15) is 35.6 Å². The highest BCUT2D eigenvalue weighted by Crippen LogP contribution is 2.24. The summed E-state index contributed by atoms with van der Waals surface area (Å²) in [5, 5.41) is 0. The number of hydrogen-bond donors (Lipinski definition) is 0. The molecule has 0 bridgehead atoms. The molecule has 0 aromatic heterocycles. The molecule has 2 aromatic carbocycles. The molecule has 3 heteroatoms. The summed E-state index contributed by atoms with van der Waals surface area (Å²) in [6, 6.07) is 14.5. The van der Waals surface area contributed by atoms with E-state index in [2.05, 4.69) is 24.3 Å². The number of benzene rings is 2. The molecule has 0 aliphatic carbocycles. The van der Waals surface area contributed by atoms with Gasteiger partial charge in [0.25, 0.3) is 5.91 Å².